The van der Waals surface area contributed by atoms with Gasteiger partial charge in [0.15, 0.2) is 5.78 Å². The molecule has 0 spiro atoms. The first-order valence-corrected chi connectivity index (χ1v) is 7.83. The summed E-state index contributed by atoms with van der Waals surface area (Å²) in [5.74, 6) is -1.66. The highest BCUT2D eigenvalue weighted by molar-refractivity contribution is 9.10. The van der Waals surface area contributed by atoms with Crippen LogP contribution in [0.5, 0.6) is 0 Å². The predicted octanol–water partition coefficient (Wildman–Crippen LogP) is 3.20. The maximum Gasteiger partial charge on any atom is 0.335 e. The Bertz CT molecular complexity index is 780. The van der Waals surface area contributed by atoms with Crippen molar-refractivity contribution in [2.75, 3.05) is 0 Å². The van der Waals surface area contributed by atoms with Gasteiger partial charge >= 0.3 is 5.97 Å². The number of carboxylic acid groups (broad SMARTS) is 1. The molecule has 2 N–H and O–H groups in total. The van der Waals surface area contributed by atoms with Gasteiger partial charge in [-0.3, -0.25) is 9.59 Å². The van der Waals surface area contributed by atoms with Gasteiger partial charge in [0, 0.05) is 22.7 Å². The number of hydrogen-bond acceptors (Lipinski definition) is 3. The van der Waals surface area contributed by atoms with Crippen molar-refractivity contribution in [3.05, 3.63) is 81.8 Å². The van der Waals surface area contributed by atoms with Gasteiger partial charge in [0.2, 0.25) is 5.91 Å². The van der Waals surface area contributed by atoms with Crippen molar-refractivity contribution in [3.63, 3.8) is 0 Å². The number of allylic oxidation sites excluding steroid dienone is 1. The zero-order chi connectivity index (χ0) is 17.5. The molecule has 2 aromatic rings. The van der Waals surface area contributed by atoms with Crippen LogP contribution < -0.4 is 5.32 Å². The summed E-state index contributed by atoms with van der Waals surface area (Å²) < 4.78 is 0.870. The summed E-state index contributed by atoms with van der Waals surface area (Å²) in [5.41, 5.74) is 1.44. The summed E-state index contributed by atoms with van der Waals surface area (Å²) in [6.07, 6.45) is 2.39. The molecule has 2 aromatic carbocycles. The van der Waals surface area contributed by atoms with Gasteiger partial charge in [0.25, 0.3) is 0 Å². The average Bonchev–Trinajstić information content (AvgIpc) is 2.58. The van der Waals surface area contributed by atoms with Gasteiger partial charge in [-0.05, 0) is 48.0 Å². The number of halogens is 1. The fourth-order valence-corrected chi connectivity index (χ4v) is 2.14. The van der Waals surface area contributed by atoms with Crippen LogP contribution in [0.4, 0.5) is 0 Å². The Morgan fingerprint density at radius 1 is 0.917 bits per heavy atom. The van der Waals surface area contributed by atoms with Crippen LogP contribution in [0, 0.1) is 0 Å². The minimum atomic E-state index is -1.00. The molecule has 6 heteroatoms. The lowest BCUT2D eigenvalue weighted by Crippen LogP contribution is -2.20. The highest BCUT2D eigenvalue weighted by Crippen LogP contribution is 2.11. The second-order valence-corrected chi connectivity index (χ2v) is 5.84. The van der Waals surface area contributed by atoms with Gasteiger partial charge in [-0.2, -0.15) is 0 Å². The van der Waals surface area contributed by atoms with Crippen molar-refractivity contribution < 1.29 is 19.5 Å². The molecular formula is C18H14BrNO4. The minimum Gasteiger partial charge on any atom is -0.478 e. The molecule has 5 nitrogen and oxygen atoms in total. The van der Waals surface area contributed by atoms with Crippen molar-refractivity contribution in [2.45, 2.75) is 6.54 Å². The molecule has 0 radical (unpaired) electrons. The molecular weight excluding hydrogens is 374 g/mol. The van der Waals surface area contributed by atoms with Gasteiger partial charge in [-0.25, -0.2) is 4.79 Å². The first-order chi connectivity index (χ1) is 11.5. The van der Waals surface area contributed by atoms with E-state index in [9.17, 15) is 14.4 Å². The number of carbonyl (C=O) groups excluding carboxylic acids is 2. The van der Waals surface area contributed by atoms with E-state index in [0.29, 0.717) is 5.56 Å². The Morgan fingerprint density at radius 2 is 1.50 bits per heavy atom. The first kappa shape index (κ1) is 17.6. The number of amides is 1. The number of carbonyl (C=O) groups is 3. The molecule has 0 aliphatic rings. The lowest BCUT2D eigenvalue weighted by atomic mass is 10.1. The van der Waals surface area contributed by atoms with E-state index in [1.165, 1.54) is 24.3 Å². The molecule has 0 aliphatic carbocycles. The van der Waals surface area contributed by atoms with E-state index in [1.54, 1.807) is 36.4 Å². The minimum absolute atomic E-state index is 0.185. The molecule has 0 unspecified atom stereocenters. The molecule has 0 aromatic heterocycles. The fourth-order valence-electron chi connectivity index (χ4n) is 1.88. The SMILES string of the molecule is O=C(/C=C/C(=O)c1ccc(Br)cc1)NCc1ccc(C(=O)O)cc1. The van der Waals surface area contributed by atoms with E-state index >= 15 is 0 Å². The summed E-state index contributed by atoms with van der Waals surface area (Å²) in [5, 5.41) is 11.4. The lowest BCUT2D eigenvalue weighted by Gasteiger charge is -2.03. The standard InChI is InChI=1S/C18H14BrNO4/c19-15-7-5-13(6-8-15)16(21)9-10-17(22)20-11-12-1-3-14(4-2-12)18(23)24/h1-10H,11H2,(H,20,22)(H,23,24)/b10-9+. The van der Waals surface area contributed by atoms with Gasteiger partial charge in [-0.1, -0.05) is 28.1 Å². The van der Waals surface area contributed by atoms with Crippen molar-refractivity contribution >= 4 is 33.6 Å². The second kappa shape index (κ2) is 8.21. The van der Waals surface area contributed by atoms with Crippen molar-refractivity contribution in [1.82, 2.24) is 5.32 Å². The normalized spacial score (nSPS) is 10.5. The topological polar surface area (TPSA) is 83.5 Å². The second-order valence-electron chi connectivity index (χ2n) is 4.92. The van der Waals surface area contributed by atoms with E-state index in [1.807, 2.05) is 0 Å². The molecule has 0 saturated heterocycles. The zero-order valence-corrected chi connectivity index (χ0v) is 14.1. The van der Waals surface area contributed by atoms with E-state index in [2.05, 4.69) is 21.2 Å². The molecule has 1 amide bonds. The Balaban J connectivity index is 1.87. The van der Waals surface area contributed by atoms with Crippen molar-refractivity contribution in [1.29, 1.82) is 0 Å². The number of aromatic carboxylic acids is 1. The summed E-state index contributed by atoms with van der Waals surface area (Å²) in [6.45, 7) is 0.246. The highest BCUT2D eigenvalue weighted by Gasteiger charge is 2.04. The molecule has 0 saturated carbocycles. The summed E-state index contributed by atoms with van der Waals surface area (Å²) >= 11 is 3.29. The van der Waals surface area contributed by atoms with E-state index in [4.69, 9.17) is 5.11 Å². The quantitative estimate of drug-likeness (QED) is 0.588. The van der Waals surface area contributed by atoms with Crippen molar-refractivity contribution in [3.8, 4) is 0 Å². The Morgan fingerprint density at radius 3 is 2.08 bits per heavy atom. The largest absolute Gasteiger partial charge is 0.478 e. The predicted molar refractivity (Wildman–Crippen MR) is 92.9 cm³/mol. The summed E-state index contributed by atoms with van der Waals surface area (Å²) in [7, 11) is 0. The number of ketones is 1. The van der Waals surface area contributed by atoms with E-state index in [0.717, 1.165) is 10.0 Å². The summed E-state index contributed by atoms with van der Waals surface area (Å²) in [6, 6.07) is 13.0. The molecule has 24 heavy (non-hydrogen) atoms. The van der Waals surface area contributed by atoms with Crippen LogP contribution in [0.2, 0.25) is 0 Å². The first-order valence-electron chi connectivity index (χ1n) is 7.04. The maximum absolute atomic E-state index is 11.9. The maximum atomic E-state index is 11.9. The number of benzene rings is 2. The van der Waals surface area contributed by atoms with Gasteiger partial charge < -0.3 is 10.4 Å². The molecule has 2 rings (SSSR count). The lowest BCUT2D eigenvalue weighted by molar-refractivity contribution is -0.116. The fraction of sp³-hybridized carbons (Fsp3) is 0.0556. The number of carboxylic acids is 1. The van der Waals surface area contributed by atoms with Crippen LogP contribution in [0.3, 0.4) is 0 Å². The van der Waals surface area contributed by atoms with Gasteiger partial charge in [0.05, 0.1) is 5.56 Å². The Hall–Kier alpha value is -2.73. The number of hydrogen-bond donors (Lipinski definition) is 2. The van der Waals surface area contributed by atoms with E-state index < -0.39 is 11.9 Å². The van der Waals surface area contributed by atoms with Gasteiger partial charge in [-0.15, -0.1) is 0 Å². The third kappa shape index (κ3) is 5.17. The Labute approximate surface area is 147 Å². The molecule has 0 aliphatic heterocycles. The number of nitrogens with one attached hydrogen (secondary N) is 1. The molecule has 122 valence electrons. The van der Waals surface area contributed by atoms with Crippen molar-refractivity contribution in [2.24, 2.45) is 0 Å². The monoisotopic (exact) mass is 387 g/mol. The Kier molecular flexibility index (Phi) is 6.03. The molecule has 0 heterocycles. The summed E-state index contributed by atoms with van der Waals surface area (Å²) in [4.78, 5) is 34.4. The smallest absolute Gasteiger partial charge is 0.335 e. The molecule has 0 atom stereocenters. The van der Waals surface area contributed by atoms with Crippen LogP contribution in [0.15, 0.2) is 65.2 Å². The zero-order valence-electron chi connectivity index (χ0n) is 12.5. The van der Waals surface area contributed by atoms with Crippen LogP contribution in [0.1, 0.15) is 26.3 Å². The molecule has 0 fully saturated rings. The van der Waals surface area contributed by atoms with Crippen LogP contribution in [-0.2, 0) is 11.3 Å². The molecule has 0 bridgehead atoms. The van der Waals surface area contributed by atoms with Crippen LogP contribution >= 0.6 is 15.9 Å². The van der Waals surface area contributed by atoms with Crippen LogP contribution in [0.25, 0.3) is 0 Å². The van der Waals surface area contributed by atoms with Gasteiger partial charge in [0.1, 0.15) is 0 Å². The number of rotatable bonds is 6. The average molecular weight is 388 g/mol. The van der Waals surface area contributed by atoms with Crippen LogP contribution in [-0.4, -0.2) is 22.8 Å². The highest BCUT2D eigenvalue weighted by atomic mass is 79.9. The third-order valence-corrected chi connectivity index (χ3v) is 3.71. The third-order valence-electron chi connectivity index (χ3n) is 3.18. The van der Waals surface area contributed by atoms with E-state index in [-0.39, 0.29) is 17.9 Å².